The maximum atomic E-state index is 12.5. The first-order valence-electron chi connectivity index (χ1n) is 6.71. The fraction of sp³-hybridized carbons (Fsp3) is 0.538. The molecule has 0 bridgehead atoms. The second-order valence-electron chi connectivity index (χ2n) is 4.95. The smallest absolute Gasteiger partial charge is 0.288 e. The molecule has 1 aromatic carbocycles. The highest BCUT2D eigenvalue weighted by Crippen LogP contribution is 2.32. The van der Waals surface area contributed by atoms with Crippen LogP contribution >= 0.6 is 11.8 Å². The Balaban J connectivity index is 2.05. The molecule has 118 valence electrons. The van der Waals surface area contributed by atoms with Gasteiger partial charge in [-0.25, -0.2) is 8.42 Å². The molecular weight excluding hydrogens is 318 g/mol. The lowest BCUT2D eigenvalue weighted by atomic mass is 10.0. The van der Waals surface area contributed by atoms with Gasteiger partial charge in [0, 0.05) is 4.90 Å². The number of halogens is 2. The Morgan fingerprint density at radius 2 is 1.95 bits per heavy atom. The number of anilines is 1. The third-order valence-electron chi connectivity index (χ3n) is 3.28. The van der Waals surface area contributed by atoms with E-state index in [1.54, 1.807) is 12.1 Å². The summed E-state index contributed by atoms with van der Waals surface area (Å²) in [5.74, 6) is -2.44. The van der Waals surface area contributed by atoms with E-state index in [-0.39, 0.29) is 22.3 Å². The lowest BCUT2D eigenvalue weighted by Crippen LogP contribution is -2.33. The van der Waals surface area contributed by atoms with Crippen molar-refractivity contribution in [2.75, 3.05) is 23.6 Å². The second kappa shape index (κ2) is 7.42. The fourth-order valence-corrected chi connectivity index (χ4v) is 4.53. The molecular formula is C13H18F2N2O2S2. The maximum absolute atomic E-state index is 12.5. The summed E-state index contributed by atoms with van der Waals surface area (Å²) in [4.78, 5) is 0.237. The number of para-hydroxylation sites is 1. The van der Waals surface area contributed by atoms with Gasteiger partial charge in [0.15, 0.2) is 0 Å². The van der Waals surface area contributed by atoms with E-state index in [4.69, 9.17) is 0 Å². The van der Waals surface area contributed by atoms with Crippen LogP contribution in [-0.4, -0.2) is 33.0 Å². The summed E-state index contributed by atoms with van der Waals surface area (Å²) in [5.41, 5.74) is 0.219. The predicted octanol–water partition coefficient (Wildman–Crippen LogP) is 2.74. The minimum Gasteiger partial charge on any atom is -0.317 e. The normalized spacial score (nSPS) is 17.1. The number of benzene rings is 1. The van der Waals surface area contributed by atoms with Gasteiger partial charge in [0.1, 0.15) is 0 Å². The molecule has 0 aromatic heterocycles. The Hall–Kier alpha value is -0.860. The summed E-state index contributed by atoms with van der Waals surface area (Å²) < 4.78 is 51.8. The lowest BCUT2D eigenvalue weighted by Gasteiger charge is -2.22. The summed E-state index contributed by atoms with van der Waals surface area (Å²) in [6, 6.07) is 6.22. The Kier molecular flexibility index (Phi) is 5.83. The van der Waals surface area contributed by atoms with Crippen molar-refractivity contribution < 1.29 is 17.2 Å². The summed E-state index contributed by atoms with van der Waals surface area (Å²) in [5, 5.41) is 3.18. The van der Waals surface area contributed by atoms with Crippen LogP contribution in [0.1, 0.15) is 12.8 Å². The predicted molar refractivity (Wildman–Crippen MR) is 81.3 cm³/mol. The van der Waals surface area contributed by atoms with Crippen LogP contribution in [0.3, 0.4) is 0 Å². The molecule has 1 saturated heterocycles. The topological polar surface area (TPSA) is 58.2 Å². The minimum atomic E-state index is -3.53. The third kappa shape index (κ3) is 5.44. The zero-order chi connectivity index (χ0) is 15.3. The molecule has 0 aliphatic carbocycles. The van der Waals surface area contributed by atoms with Crippen molar-refractivity contribution in [1.82, 2.24) is 5.32 Å². The van der Waals surface area contributed by atoms with Crippen LogP contribution in [0.15, 0.2) is 29.2 Å². The van der Waals surface area contributed by atoms with Crippen molar-refractivity contribution in [3.63, 3.8) is 0 Å². The van der Waals surface area contributed by atoms with Crippen molar-refractivity contribution in [2.24, 2.45) is 5.92 Å². The van der Waals surface area contributed by atoms with Gasteiger partial charge in [-0.1, -0.05) is 23.9 Å². The van der Waals surface area contributed by atoms with E-state index in [0.717, 1.165) is 25.9 Å². The SMILES string of the molecule is O=S(=O)(CC1CCNCC1)Nc1ccccc1SC(F)F. The van der Waals surface area contributed by atoms with Gasteiger partial charge in [0.05, 0.1) is 11.4 Å². The van der Waals surface area contributed by atoms with Gasteiger partial charge in [0.25, 0.3) is 5.76 Å². The van der Waals surface area contributed by atoms with E-state index in [1.807, 2.05) is 0 Å². The first kappa shape index (κ1) is 16.5. The molecule has 0 spiro atoms. The van der Waals surface area contributed by atoms with Crippen molar-refractivity contribution >= 4 is 27.5 Å². The molecule has 21 heavy (non-hydrogen) atoms. The largest absolute Gasteiger partial charge is 0.317 e. The first-order valence-corrected chi connectivity index (χ1v) is 9.24. The molecule has 1 heterocycles. The zero-order valence-corrected chi connectivity index (χ0v) is 13.0. The zero-order valence-electron chi connectivity index (χ0n) is 11.4. The minimum absolute atomic E-state index is 0.0301. The number of rotatable bonds is 6. The fourth-order valence-electron chi connectivity index (χ4n) is 2.32. The van der Waals surface area contributed by atoms with E-state index in [2.05, 4.69) is 10.0 Å². The molecule has 0 atom stereocenters. The molecule has 1 aliphatic heterocycles. The van der Waals surface area contributed by atoms with Crippen molar-refractivity contribution in [3.05, 3.63) is 24.3 Å². The third-order valence-corrected chi connectivity index (χ3v) is 5.51. The van der Waals surface area contributed by atoms with Crippen molar-refractivity contribution in [3.8, 4) is 0 Å². The van der Waals surface area contributed by atoms with E-state index in [0.29, 0.717) is 11.8 Å². The van der Waals surface area contributed by atoms with Crippen LogP contribution in [-0.2, 0) is 10.0 Å². The Morgan fingerprint density at radius 1 is 1.29 bits per heavy atom. The first-order chi connectivity index (χ1) is 9.96. The van der Waals surface area contributed by atoms with Gasteiger partial charge >= 0.3 is 0 Å². The molecule has 0 radical (unpaired) electrons. The summed E-state index contributed by atoms with van der Waals surface area (Å²) >= 11 is 0.342. The number of thioether (sulfide) groups is 1. The maximum Gasteiger partial charge on any atom is 0.288 e. The van der Waals surface area contributed by atoms with Crippen molar-refractivity contribution in [1.29, 1.82) is 0 Å². The van der Waals surface area contributed by atoms with Gasteiger partial charge in [-0.05, 0) is 44.0 Å². The molecule has 0 amide bonds. The summed E-state index contributed by atoms with van der Waals surface area (Å²) in [6.45, 7) is 1.63. The van der Waals surface area contributed by atoms with Crippen molar-refractivity contribution in [2.45, 2.75) is 23.5 Å². The van der Waals surface area contributed by atoms with Gasteiger partial charge in [-0.3, -0.25) is 4.72 Å². The van der Waals surface area contributed by atoms with Crippen LogP contribution in [0.25, 0.3) is 0 Å². The molecule has 1 aromatic rings. The summed E-state index contributed by atoms with van der Waals surface area (Å²) in [6.07, 6.45) is 1.63. The number of sulfonamides is 1. The molecule has 2 N–H and O–H groups in total. The molecule has 4 nitrogen and oxygen atoms in total. The number of hydrogen-bond donors (Lipinski definition) is 2. The molecule has 0 unspecified atom stereocenters. The molecule has 1 aliphatic rings. The van der Waals surface area contributed by atoms with Crippen LogP contribution < -0.4 is 10.0 Å². The van der Waals surface area contributed by atoms with Crippen LogP contribution in [0, 0.1) is 5.92 Å². The van der Waals surface area contributed by atoms with Gasteiger partial charge in [0.2, 0.25) is 10.0 Å². The van der Waals surface area contributed by atoms with E-state index in [1.165, 1.54) is 12.1 Å². The highest BCUT2D eigenvalue weighted by atomic mass is 32.2. The van der Waals surface area contributed by atoms with E-state index >= 15 is 0 Å². The van der Waals surface area contributed by atoms with E-state index in [9.17, 15) is 17.2 Å². The quantitative estimate of drug-likeness (QED) is 0.784. The van der Waals surface area contributed by atoms with Gasteiger partial charge < -0.3 is 5.32 Å². The van der Waals surface area contributed by atoms with Crippen LogP contribution in [0.4, 0.5) is 14.5 Å². The lowest BCUT2D eigenvalue weighted by molar-refractivity contribution is 0.252. The Morgan fingerprint density at radius 3 is 2.62 bits per heavy atom. The number of alkyl halides is 2. The van der Waals surface area contributed by atoms with Gasteiger partial charge in [-0.2, -0.15) is 8.78 Å². The second-order valence-corrected chi connectivity index (χ2v) is 7.75. The van der Waals surface area contributed by atoms with Crippen LogP contribution in [0.5, 0.6) is 0 Å². The highest BCUT2D eigenvalue weighted by Gasteiger charge is 2.22. The number of hydrogen-bond acceptors (Lipinski definition) is 4. The van der Waals surface area contributed by atoms with Crippen LogP contribution in [0.2, 0.25) is 0 Å². The highest BCUT2D eigenvalue weighted by molar-refractivity contribution is 7.99. The van der Waals surface area contributed by atoms with Gasteiger partial charge in [-0.15, -0.1) is 0 Å². The monoisotopic (exact) mass is 336 g/mol. The standard InChI is InChI=1S/C13H18F2N2O2S2/c14-13(15)20-12-4-2-1-3-11(12)17-21(18,19)9-10-5-7-16-8-6-10/h1-4,10,13,16-17H,5-9H2. The average Bonchev–Trinajstić information content (AvgIpc) is 2.41. The number of piperidine rings is 1. The Labute approximate surface area is 127 Å². The molecule has 0 saturated carbocycles. The molecule has 8 heteroatoms. The van der Waals surface area contributed by atoms with E-state index < -0.39 is 15.8 Å². The number of nitrogens with one attached hydrogen (secondary N) is 2. The Bertz CT molecular complexity index is 561. The molecule has 2 rings (SSSR count). The summed E-state index contributed by atoms with van der Waals surface area (Å²) in [7, 11) is -3.53. The molecule has 1 fully saturated rings. The average molecular weight is 336 g/mol.